The van der Waals surface area contributed by atoms with E-state index in [-0.39, 0.29) is 36.4 Å². The summed E-state index contributed by atoms with van der Waals surface area (Å²) in [6.45, 7) is 0. The number of hydrogen-bond donors (Lipinski definition) is 2. The number of carbonyl (C=O) groups excluding carboxylic acids is 2. The monoisotopic (exact) mass is 540 g/mol. The van der Waals surface area contributed by atoms with Gasteiger partial charge in [0.15, 0.2) is 0 Å². The molecule has 0 aliphatic rings. The number of amides is 2. The fourth-order valence-electron chi connectivity index (χ4n) is 2.73. The van der Waals surface area contributed by atoms with Crippen molar-refractivity contribution in [2.24, 2.45) is 0 Å². The predicted molar refractivity (Wildman–Crippen MR) is 99.4 cm³/mol. The lowest BCUT2D eigenvalue weighted by molar-refractivity contribution is -0.144. The SMILES string of the molecule is O=C(CCC(=O)Nc1cc(C(F)(F)F)cc(C(F)(F)F)c1)Nc1cc(C(F)(F)F)cc(C(F)(F)F)c1. The predicted octanol–water partition coefficient (Wildman–Crippen LogP) is 7.12. The summed E-state index contributed by atoms with van der Waals surface area (Å²) in [6.07, 6.45) is -22.5. The first-order valence-corrected chi connectivity index (χ1v) is 9.35. The minimum absolute atomic E-state index is 0.187. The van der Waals surface area contributed by atoms with Crippen LogP contribution in [0.25, 0.3) is 0 Å². The van der Waals surface area contributed by atoms with Crippen LogP contribution in [0.2, 0.25) is 0 Å². The van der Waals surface area contributed by atoms with Crippen molar-refractivity contribution in [2.45, 2.75) is 37.5 Å². The van der Waals surface area contributed by atoms with Crippen molar-refractivity contribution >= 4 is 23.2 Å². The number of benzene rings is 2. The minimum Gasteiger partial charge on any atom is -0.326 e. The Kier molecular flexibility index (Phi) is 7.90. The maximum atomic E-state index is 12.9. The number of halogens is 12. The fourth-order valence-corrected chi connectivity index (χ4v) is 2.73. The lowest BCUT2D eigenvalue weighted by Gasteiger charge is -2.15. The molecular formula is C20H12F12N2O2. The molecule has 0 aliphatic heterocycles. The van der Waals surface area contributed by atoms with Gasteiger partial charge in [-0.2, -0.15) is 52.7 Å². The number of rotatable bonds is 5. The molecule has 2 aromatic rings. The van der Waals surface area contributed by atoms with Crippen molar-refractivity contribution in [3.05, 3.63) is 58.7 Å². The Morgan fingerprint density at radius 3 is 0.889 bits per heavy atom. The van der Waals surface area contributed by atoms with Crippen LogP contribution in [0.5, 0.6) is 0 Å². The van der Waals surface area contributed by atoms with Crippen LogP contribution in [0.3, 0.4) is 0 Å². The number of hydrogen-bond acceptors (Lipinski definition) is 2. The van der Waals surface area contributed by atoms with Crippen LogP contribution in [-0.4, -0.2) is 11.8 Å². The molecule has 0 spiro atoms. The zero-order valence-electron chi connectivity index (χ0n) is 17.2. The molecule has 0 heterocycles. The highest BCUT2D eigenvalue weighted by Gasteiger charge is 2.38. The molecule has 2 N–H and O–H groups in total. The van der Waals surface area contributed by atoms with Crippen molar-refractivity contribution in [2.75, 3.05) is 10.6 Å². The third kappa shape index (κ3) is 8.05. The van der Waals surface area contributed by atoms with E-state index in [9.17, 15) is 62.3 Å². The Bertz CT molecular complexity index is 977. The van der Waals surface area contributed by atoms with Gasteiger partial charge in [-0.1, -0.05) is 0 Å². The highest BCUT2D eigenvalue weighted by atomic mass is 19.4. The smallest absolute Gasteiger partial charge is 0.326 e. The van der Waals surface area contributed by atoms with Gasteiger partial charge < -0.3 is 10.6 Å². The van der Waals surface area contributed by atoms with Crippen LogP contribution in [0, 0.1) is 0 Å². The normalized spacial score (nSPS) is 12.9. The van der Waals surface area contributed by atoms with Gasteiger partial charge in [0.2, 0.25) is 11.8 Å². The molecule has 198 valence electrons. The molecule has 36 heavy (non-hydrogen) atoms. The highest BCUT2D eigenvalue weighted by Crippen LogP contribution is 2.39. The summed E-state index contributed by atoms with van der Waals surface area (Å²) in [6, 6.07) is 0.437. The first kappa shape index (κ1) is 28.8. The second-order valence-electron chi connectivity index (χ2n) is 7.19. The molecule has 16 heteroatoms. The van der Waals surface area contributed by atoms with E-state index >= 15 is 0 Å². The molecule has 2 aromatic carbocycles. The van der Waals surface area contributed by atoms with E-state index in [1.807, 2.05) is 0 Å². The molecule has 0 saturated heterocycles. The van der Waals surface area contributed by atoms with Crippen molar-refractivity contribution in [1.29, 1.82) is 0 Å². The number of carbonyl (C=O) groups is 2. The molecule has 4 nitrogen and oxygen atoms in total. The quantitative estimate of drug-likeness (QED) is 0.397. The lowest BCUT2D eigenvalue weighted by Crippen LogP contribution is -2.19. The van der Waals surface area contributed by atoms with Crippen LogP contribution in [0.4, 0.5) is 64.1 Å². The molecule has 0 aromatic heterocycles. The third-order valence-electron chi connectivity index (χ3n) is 4.32. The Morgan fingerprint density at radius 1 is 0.472 bits per heavy atom. The van der Waals surface area contributed by atoms with E-state index in [0.29, 0.717) is 0 Å². The summed E-state index contributed by atoms with van der Waals surface area (Å²) < 4.78 is 154. The van der Waals surface area contributed by atoms with Crippen LogP contribution < -0.4 is 10.6 Å². The van der Waals surface area contributed by atoms with Gasteiger partial charge in [-0.05, 0) is 36.4 Å². The molecule has 0 fully saturated rings. The second-order valence-corrected chi connectivity index (χ2v) is 7.19. The van der Waals surface area contributed by atoms with Crippen molar-refractivity contribution in [1.82, 2.24) is 0 Å². The lowest BCUT2D eigenvalue weighted by atomic mass is 10.1. The molecule has 0 radical (unpaired) electrons. The average molecular weight is 540 g/mol. The molecule has 2 rings (SSSR count). The van der Waals surface area contributed by atoms with Gasteiger partial charge in [0.1, 0.15) is 0 Å². The molecule has 0 atom stereocenters. The molecule has 0 bridgehead atoms. The average Bonchev–Trinajstić information content (AvgIpc) is 2.69. The van der Waals surface area contributed by atoms with E-state index in [1.54, 1.807) is 10.6 Å². The second kappa shape index (κ2) is 9.89. The summed E-state index contributed by atoms with van der Waals surface area (Å²) >= 11 is 0. The Morgan fingerprint density at radius 2 is 0.694 bits per heavy atom. The third-order valence-corrected chi connectivity index (χ3v) is 4.32. The van der Waals surface area contributed by atoms with Crippen LogP contribution in [-0.2, 0) is 34.3 Å². The first-order valence-electron chi connectivity index (χ1n) is 9.35. The van der Waals surface area contributed by atoms with Gasteiger partial charge in [-0.25, -0.2) is 0 Å². The summed E-state index contributed by atoms with van der Waals surface area (Å²) in [5, 5.41) is 3.46. The van der Waals surface area contributed by atoms with E-state index in [0.717, 1.165) is 0 Å². The van der Waals surface area contributed by atoms with Crippen LogP contribution >= 0.6 is 0 Å². The molecule has 0 saturated carbocycles. The van der Waals surface area contributed by atoms with Crippen LogP contribution in [0.1, 0.15) is 35.1 Å². The first-order chi connectivity index (χ1) is 16.2. The highest BCUT2D eigenvalue weighted by molar-refractivity contribution is 5.97. The summed E-state index contributed by atoms with van der Waals surface area (Å²) in [4.78, 5) is 23.8. The van der Waals surface area contributed by atoms with Gasteiger partial charge in [0.05, 0.1) is 22.3 Å². The fraction of sp³-hybridized carbons (Fsp3) is 0.300. The van der Waals surface area contributed by atoms with E-state index in [4.69, 9.17) is 0 Å². The maximum Gasteiger partial charge on any atom is 0.416 e. The summed E-state index contributed by atoms with van der Waals surface area (Å²) in [5.41, 5.74) is -8.72. The van der Waals surface area contributed by atoms with Crippen molar-refractivity contribution in [3.63, 3.8) is 0 Å². The van der Waals surface area contributed by atoms with Crippen molar-refractivity contribution < 1.29 is 62.3 Å². The summed E-state index contributed by atoms with van der Waals surface area (Å²) in [5.74, 6) is -2.50. The van der Waals surface area contributed by atoms with E-state index < -0.39 is 83.0 Å². The Hall–Kier alpha value is -3.46. The van der Waals surface area contributed by atoms with Crippen LogP contribution in [0.15, 0.2) is 36.4 Å². The van der Waals surface area contributed by atoms with Gasteiger partial charge >= 0.3 is 24.7 Å². The molecule has 2 amide bonds. The standard InChI is InChI=1S/C20H12F12N2O2/c21-17(22,23)9-3-10(18(24,25)26)6-13(5-9)33-15(35)1-2-16(36)34-14-7-11(19(27,28)29)4-12(8-14)20(30,31)32/h3-8H,1-2H2,(H,33,35)(H,34,36). The number of alkyl halides is 12. The Labute approximate surface area is 193 Å². The Balaban J connectivity index is 2.13. The van der Waals surface area contributed by atoms with E-state index in [1.165, 1.54) is 0 Å². The number of nitrogens with one attached hydrogen (secondary N) is 2. The topological polar surface area (TPSA) is 58.2 Å². The molecule has 0 aliphatic carbocycles. The largest absolute Gasteiger partial charge is 0.416 e. The van der Waals surface area contributed by atoms with Gasteiger partial charge in [0.25, 0.3) is 0 Å². The molecule has 0 unspecified atom stereocenters. The zero-order valence-corrected chi connectivity index (χ0v) is 17.2. The molecular weight excluding hydrogens is 528 g/mol. The maximum absolute atomic E-state index is 12.9. The zero-order chi connectivity index (χ0) is 27.7. The summed E-state index contributed by atoms with van der Waals surface area (Å²) in [7, 11) is 0. The van der Waals surface area contributed by atoms with Crippen molar-refractivity contribution in [3.8, 4) is 0 Å². The van der Waals surface area contributed by atoms with Gasteiger partial charge in [0, 0.05) is 24.2 Å². The minimum atomic E-state index is -5.19. The van der Waals surface area contributed by atoms with E-state index in [2.05, 4.69) is 0 Å². The van der Waals surface area contributed by atoms with Gasteiger partial charge in [-0.3, -0.25) is 9.59 Å². The van der Waals surface area contributed by atoms with Gasteiger partial charge in [-0.15, -0.1) is 0 Å². The number of anilines is 2.